The molecule has 1 aliphatic rings. The van der Waals surface area contributed by atoms with Crippen molar-refractivity contribution < 1.29 is 14.3 Å². The number of methoxy groups -OCH3 is 1. The van der Waals surface area contributed by atoms with Crippen molar-refractivity contribution in [2.45, 2.75) is 12.8 Å². The van der Waals surface area contributed by atoms with Crippen LogP contribution >= 0.6 is 0 Å². The Labute approximate surface area is 159 Å². The van der Waals surface area contributed by atoms with Gasteiger partial charge in [0.1, 0.15) is 5.75 Å². The molecule has 0 spiro atoms. The molecule has 5 heteroatoms. The highest BCUT2D eigenvalue weighted by Crippen LogP contribution is 2.20. The molecule has 1 saturated heterocycles. The van der Waals surface area contributed by atoms with E-state index in [1.165, 1.54) is 0 Å². The van der Waals surface area contributed by atoms with Crippen LogP contribution in [0.5, 0.6) is 5.75 Å². The molecule has 1 aliphatic heterocycles. The summed E-state index contributed by atoms with van der Waals surface area (Å²) >= 11 is 0. The maximum absolute atomic E-state index is 12.4. The van der Waals surface area contributed by atoms with E-state index in [0.717, 1.165) is 17.0 Å². The average Bonchev–Trinajstić information content (AvgIpc) is 2.73. The number of nitrogens with zero attached hydrogens (tertiary/aromatic N) is 1. The number of likely N-dealkylation sites (tertiary alicyclic amines) is 1. The maximum atomic E-state index is 12.4. The molecule has 0 bridgehead atoms. The zero-order valence-electron chi connectivity index (χ0n) is 15.4. The minimum absolute atomic E-state index is 0.0280. The fourth-order valence-corrected chi connectivity index (χ4v) is 3.15. The van der Waals surface area contributed by atoms with E-state index in [9.17, 15) is 9.59 Å². The highest BCUT2D eigenvalue weighted by Gasteiger charge is 2.26. The van der Waals surface area contributed by atoms with Crippen LogP contribution < -0.4 is 10.1 Å². The lowest BCUT2D eigenvalue weighted by molar-refractivity contribution is -0.130. The van der Waals surface area contributed by atoms with Gasteiger partial charge in [0.15, 0.2) is 0 Å². The Kier molecular flexibility index (Phi) is 6.26. The Hall–Kier alpha value is -3.08. The second kappa shape index (κ2) is 9.03. The van der Waals surface area contributed by atoms with E-state index in [0.29, 0.717) is 25.9 Å². The highest BCUT2D eigenvalue weighted by molar-refractivity contribution is 5.94. The molecule has 2 aromatic rings. The topological polar surface area (TPSA) is 58.6 Å². The van der Waals surface area contributed by atoms with Crippen LogP contribution in [0.15, 0.2) is 60.7 Å². The minimum Gasteiger partial charge on any atom is -0.497 e. The third kappa shape index (κ3) is 5.20. The largest absolute Gasteiger partial charge is 0.497 e. The number of hydrogen-bond acceptors (Lipinski definition) is 3. The predicted molar refractivity (Wildman–Crippen MR) is 106 cm³/mol. The van der Waals surface area contributed by atoms with Gasteiger partial charge in [0.25, 0.3) is 0 Å². The second-order valence-corrected chi connectivity index (χ2v) is 6.56. The Morgan fingerprint density at radius 3 is 2.52 bits per heavy atom. The summed E-state index contributed by atoms with van der Waals surface area (Å²) in [4.78, 5) is 26.6. The molecule has 2 amide bonds. The molecule has 1 heterocycles. The number of amides is 2. The summed E-state index contributed by atoms with van der Waals surface area (Å²) in [6, 6.07) is 17.0. The molecule has 0 atom stereocenters. The summed E-state index contributed by atoms with van der Waals surface area (Å²) < 4.78 is 5.19. The third-order valence-corrected chi connectivity index (χ3v) is 4.73. The molecule has 27 heavy (non-hydrogen) atoms. The first-order valence-corrected chi connectivity index (χ1v) is 9.12. The van der Waals surface area contributed by atoms with E-state index in [4.69, 9.17) is 4.74 Å². The molecule has 0 saturated carbocycles. The molecule has 1 fully saturated rings. The zero-order valence-corrected chi connectivity index (χ0v) is 15.4. The van der Waals surface area contributed by atoms with Crippen molar-refractivity contribution in [1.82, 2.24) is 4.90 Å². The Morgan fingerprint density at radius 2 is 1.81 bits per heavy atom. The quantitative estimate of drug-likeness (QED) is 0.825. The normalized spacial score (nSPS) is 14.9. The van der Waals surface area contributed by atoms with Crippen molar-refractivity contribution in [3.63, 3.8) is 0 Å². The number of carbonyl (C=O) groups is 2. The summed E-state index contributed by atoms with van der Waals surface area (Å²) in [7, 11) is 1.62. The van der Waals surface area contributed by atoms with Crippen molar-refractivity contribution in [3.05, 3.63) is 66.2 Å². The smallest absolute Gasteiger partial charge is 0.246 e. The van der Waals surface area contributed by atoms with Crippen molar-refractivity contribution in [3.8, 4) is 5.75 Å². The van der Waals surface area contributed by atoms with Crippen molar-refractivity contribution in [2.24, 2.45) is 5.92 Å². The number of piperidine rings is 1. The number of hydrogen-bond donors (Lipinski definition) is 1. The molecule has 0 radical (unpaired) electrons. The molecule has 0 aliphatic carbocycles. The Balaban J connectivity index is 1.50. The lowest BCUT2D eigenvalue weighted by Gasteiger charge is -2.30. The van der Waals surface area contributed by atoms with Crippen molar-refractivity contribution in [2.75, 3.05) is 25.5 Å². The van der Waals surface area contributed by atoms with Gasteiger partial charge in [-0.1, -0.05) is 30.3 Å². The molecule has 140 valence electrons. The Morgan fingerprint density at radius 1 is 1.07 bits per heavy atom. The van der Waals surface area contributed by atoms with Gasteiger partial charge in [-0.05, 0) is 48.7 Å². The zero-order chi connectivity index (χ0) is 19.1. The number of anilines is 1. The minimum atomic E-state index is -0.0587. The van der Waals surface area contributed by atoms with Crippen LogP contribution in [0.2, 0.25) is 0 Å². The first kappa shape index (κ1) is 18.7. The first-order chi connectivity index (χ1) is 13.2. The molecule has 5 nitrogen and oxygen atoms in total. The molecular formula is C22H24N2O3. The van der Waals surface area contributed by atoms with E-state index in [-0.39, 0.29) is 17.7 Å². The lowest BCUT2D eigenvalue weighted by Crippen LogP contribution is -2.40. The van der Waals surface area contributed by atoms with E-state index < -0.39 is 0 Å². The third-order valence-electron chi connectivity index (χ3n) is 4.73. The monoisotopic (exact) mass is 364 g/mol. The summed E-state index contributed by atoms with van der Waals surface area (Å²) in [5.41, 5.74) is 1.72. The molecule has 3 rings (SSSR count). The average molecular weight is 364 g/mol. The molecule has 0 aromatic heterocycles. The van der Waals surface area contributed by atoms with Crippen LogP contribution in [0.25, 0.3) is 6.08 Å². The van der Waals surface area contributed by atoms with Crippen molar-refractivity contribution in [1.29, 1.82) is 0 Å². The number of nitrogens with one attached hydrogen (secondary N) is 1. The van der Waals surface area contributed by atoms with E-state index >= 15 is 0 Å². The summed E-state index contributed by atoms with van der Waals surface area (Å²) in [5.74, 6) is 0.700. The van der Waals surface area contributed by atoms with E-state index in [1.54, 1.807) is 24.2 Å². The predicted octanol–water partition coefficient (Wildman–Crippen LogP) is 3.59. The van der Waals surface area contributed by atoms with Gasteiger partial charge in [0.05, 0.1) is 7.11 Å². The lowest BCUT2D eigenvalue weighted by atomic mass is 9.95. The van der Waals surface area contributed by atoms with Gasteiger partial charge in [-0.3, -0.25) is 9.59 Å². The van der Waals surface area contributed by atoms with Gasteiger partial charge in [-0.15, -0.1) is 0 Å². The van der Waals surface area contributed by atoms with Crippen LogP contribution in [0.3, 0.4) is 0 Å². The number of ether oxygens (including phenoxy) is 1. The van der Waals surface area contributed by atoms with Crippen LogP contribution in [0.4, 0.5) is 5.69 Å². The SMILES string of the molecule is COc1cccc(C=CC(=O)N2CCC(C(=O)Nc3ccccc3)CC2)c1. The van der Waals surface area contributed by atoms with Gasteiger partial charge in [0, 0.05) is 30.8 Å². The van der Waals surface area contributed by atoms with Crippen molar-refractivity contribution >= 4 is 23.6 Å². The molecule has 2 aromatic carbocycles. The Bertz CT molecular complexity index is 809. The molecule has 1 N–H and O–H groups in total. The number of carbonyl (C=O) groups excluding carboxylic acids is 2. The van der Waals surface area contributed by atoms with Crippen LogP contribution in [-0.4, -0.2) is 36.9 Å². The first-order valence-electron chi connectivity index (χ1n) is 9.12. The summed E-state index contributed by atoms with van der Waals surface area (Å²) in [6.45, 7) is 1.18. The fourth-order valence-electron chi connectivity index (χ4n) is 3.15. The van der Waals surface area contributed by atoms with E-state index in [2.05, 4.69) is 5.32 Å². The molecular weight excluding hydrogens is 340 g/mol. The number of rotatable bonds is 5. The second-order valence-electron chi connectivity index (χ2n) is 6.56. The van der Waals surface area contributed by atoms with Gasteiger partial charge >= 0.3 is 0 Å². The van der Waals surface area contributed by atoms with E-state index in [1.807, 2.05) is 54.6 Å². The number of para-hydroxylation sites is 1. The van der Waals surface area contributed by atoms with Crippen LogP contribution in [0.1, 0.15) is 18.4 Å². The van der Waals surface area contributed by atoms with Crippen LogP contribution in [-0.2, 0) is 9.59 Å². The summed E-state index contributed by atoms with van der Waals surface area (Å²) in [6.07, 6.45) is 4.73. The molecule has 0 unspecified atom stereocenters. The summed E-state index contributed by atoms with van der Waals surface area (Å²) in [5, 5.41) is 2.94. The van der Waals surface area contributed by atoms with Crippen LogP contribution in [0, 0.1) is 5.92 Å². The highest BCUT2D eigenvalue weighted by atomic mass is 16.5. The maximum Gasteiger partial charge on any atom is 0.246 e. The van der Waals surface area contributed by atoms with Gasteiger partial charge in [0.2, 0.25) is 11.8 Å². The fraction of sp³-hybridized carbons (Fsp3) is 0.273. The van der Waals surface area contributed by atoms with Gasteiger partial charge in [-0.25, -0.2) is 0 Å². The number of benzene rings is 2. The standard InChI is InChI=1S/C22H24N2O3/c1-27-20-9-5-6-17(16-20)10-11-21(25)24-14-12-18(13-15-24)22(26)23-19-7-3-2-4-8-19/h2-11,16,18H,12-15H2,1H3,(H,23,26). The van der Waals surface area contributed by atoms with Gasteiger partial charge in [-0.2, -0.15) is 0 Å². The van der Waals surface area contributed by atoms with Gasteiger partial charge < -0.3 is 15.0 Å².